The topological polar surface area (TPSA) is 113 Å². The number of non-ortho nitro benzene ring substituents is 1. The lowest BCUT2D eigenvalue weighted by Crippen LogP contribution is -2.22. The number of carbonyl (C=O) groups is 2. The van der Waals surface area contributed by atoms with Crippen LogP contribution in [0.1, 0.15) is 17.3 Å². The van der Waals surface area contributed by atoms with Crippen LogP contribution in [-0.2, 0) is 16.1 Å². The molecule has 0 aliphatic rings. The second kappa shape index (κ2) is 8.65. The lowest BCUT2D eigenvalue weighted by atomic mass is 10.2. The first-order chi connectivity index (χ1) is 13.9. The van der Waals surface area contributed by atoms with Crippen LogP contribution >= 0.6 is 11.3 Å². The third kappa shape index (κ3) is 4.49. The highest BCUT2D eigenvalue weighted by molar-refractivity contribution is 7.16. The first kappa shape index (κ1) is 20.2. The molecule has 0 unspecified atom stereocenters. The molecule has 0 aliphatic carbocycles. The molecule has 3 aromatic rings. The Kier molecular flexibility index (Phi) is 6.03. The lowest BCUT2D eigenvalue weighted by Gasteiger charge is -2.05. The third-order valence-electron chi connectivity index (χ3n) is 4.00. The minimum atomic E-state index is -0.574. The SMILES string of the molecule is CCOc1ccc2c(c1)sc(=NC(=O)c1ccc([N+](=O)[O-])cc1)n2CC(=O)OC. The summed E-state index contributed by atoms with van der Waals surface area (Å²) in [4.78, 5) is 39.1. The number of ether oxygens (including phenoxy) is 2. The third-order valence-corrected chi connectivity index (χ3v) is 5.04. The first-order valence-corrected chi connectivity index (χ1v) is 9.41. The summed E-state index contributed by atoms with van der Waals surface area (Å²) in [7, 11) is 1.28. The number of methoxy groups -OCH3 is 1. The van der Waals surface area contributed by atoms with Crippen LogP contribution in [0.3, 0.4) is 0 Å². The van der Waals surface area contributed by atoms with E-state index in [1.807, 2.05) is 13.0 Å². The van der Waals surface area contributed by atoms with Gasteiger partial charge in [0.05, 0.1) is 28.9 Å². The van der Waals surface area contributed by atoms with Crippen LogP contribution in [0.2, 0.25) is 0 Å². The summed E-state index contributed by atoms with van der Waals surface area (Å²) in [5, 5.41) is 10.8. The van der Waals surface area contributed by atoms with E-state index >= 15 is 0 Å². The van der Waals surface area contributed by atoms with Gasteiger partial charge in [-0.1, -0.05) is 11.3 Å². The van der Waals surface area contributed by atoms with Gasteiger partial charge >= 0.3 is 5.97 Å². The number of fused-ring (bicyclic) bond motifs is 1. The predicted octanol–water partition coefficient (Wildman–Crippen LogP) is 2.92. The molecule has 0 spiro atoms. The van der Waals surface area contributed by atoms with E-state index in [2.05, 4.69) is 4.99 Å². The number of rotatable bonds is 6. The van der Waals surface area contributed by atoms with Gasteiger partial charge in [0.1, 0.15) is 12.3 Å². The number of aromatic nitrogens is 1. The molecular weight excluding hydrogens is 398 g/mol. The highest BCUT2D eigenvalue weighted by Gasteiger charge is 2.14. The molecule has 0 bridgehead atoms. The van der Waals surface area contributed by atoms with Crippen molar-refractivity contribution in [3.05, 3.63) is 62.9 Å². The summed E-state index contributed by atoms with van der Waals surface area (Å²) in [6, 6.07) is 10.5. The summed E-state index contributed by atoms with van der Waals surface area (Å²) in [5.74, 6) is -0.391. The molecule has 0 N–H and O–H groups in total. The van der Waals surface area contributed by atoms with E-state index in [0.717, 1.165) is 4.70 Å². The van der Waals surface area contributed by atoms with Gasteiger partial charge in [-0.05, 0) is 37.3 Å². The average molecular weight is 415 g/mol. The molecule has 1 heterocycles. The Morgan fingerprint density at radius 3 is 2.55 bits per heavy atom. The molecule has 0 fully saturated rings. The van der Waals surface area contributed by atoms with E-state index in [0.29, 0.717) is 22.7 Å². The number of nitro benzene ring substituents is 1. The van der Waals surface area contributed by atoms with Gasteiger partial charge in [0.25, 0.3) is 11.6 Å². The van der Waals surface area contributed by atoms with Gasteiger partial charge in [0.15, 0.2) is 4.80 Å². The molecular formula is C19H17N3O6S. The van der Waals surface area contributed by atoms with Crippen LogP contribution in [0.5, 0.6) is 5.75 Å². The Labute approximate surface area is 169 Å². The van der Waals surface area contributed by atoms with Crippen molar-refractivity contribution < 1.29 is 24.0 Å². The van der Waals surface area contributed by atoms with E-state index < -0.39 is 16.8 Å². The second-order valence-electron chi connectivity index (χ2n) is 5.83. The van der Waals surface area contributed by atoms with Gasteiger partial charge in [0.2, 0.25) is 0 Å². The number of esters is 1. The largest absolute Gasteiger partial charge is 0.494 e. The Balaban J connectivity index is 2.07. The Hall–Kier alpha value is -3.53. The highest BCUT2D eigenvalue weighted by Crippen LogP contribution is 2.23. The van der Waals surface area contributed by atoms with Gasteiger partial charge in [-0.25, -0.2) is 0 Å². The number of hydrogen-bond acceptors (Lipinski definition) is 7. The zero-order chi connectivity index (χ0) is 21.0. The molecule has 1 aromatic heterocycles. The van der Waals surface area contributed by atoms with Gasteiger partial charge in [-0.15, -0.1) is 0 Å². The molecule has 9 nitrogen and oxygen atoms in total. The van der Waals surface area contributed by atoms with Crippen molar-refractivity contribution in [2.45, 2.75) is 13.5 Å². The fraction of sp³-hybridized carbons (Fsp3) is 0.211. The van der Waals surface area contributed by atoms with Crippen LogP contribution in [0.15, 0.2) is 47.5 Å². The molecule has 1 amide bonds. The van der Waals surface area contributed by atoms with Crippen molar-refractivity contribution in [2.75, 3.05) is 13.7 Å². The molecule has 0 radical (unpaired) electrons. The zero-order valence-corrected chi connectivity index (χ0v) is 16.5. The fourth-order valence-corrected chi connectivity index (χ4v) is 3.68. The smallest absolute Gasteiger partial charge is 0.325 e. The number of hydrogen-bond donors (Lipinski definition) is 0. The minimum absolute atomic E-state index is 0.114. The summed E-state index contributed by atoms with van der Waals surface area (Å²) in [5.41, 5.74) is 0.791. The Bertz CT molecular complexity index is 1150. The minimum Gasteiger partial charge on any atom is -0.494 e. The Morgan fingerprint density at radius 2 is 1.93 bits per heavy atom. The summed E-state index contributed by atoms with van der Waals surface area (Å²) in [6.07, 6.45) is 0. The first-order valence-electron chi connectivity index (χ1n) is 8.59. The molecule has 0 saturated carbocycles. The van der Waals surface area contributed by atoms with E-state index in [1.54, 1.807) is 16.7 Å². The van der Waals surface area contributed by atoms with Crippen molar-refractivity contribution in [1.29, 1.82) is 0 Å². The van der Waals surface area contributed by atoms with Crippen LogP contribution in [-0.4, -0.2) is 35.1 Å². The molecule has 150 valence electrons. The number of nitrogens with zero attached hydrogens (tertiary/aromatic N) is 3. The van der Waals surface area contributed by atoms with Crippen molar-refractivity contribution in [1.82, 2.24) is 4.57 Å². The lowest BCUT2D eigenvalue weighted by molar-refractivity contribution is -0.384. The van der Waals surface area contributed by atoms with E-state index in [1.165, 1.54) is 42.7 Å². The molecule has 0 saturated heterocycles. The van der Waals surface area contributed by atoms with Crippen LogP contribution in [0, 0.1) is 10.1 Å². The van der Waals surface area contributed by atoms with Crippen molar-refractivity contribution in [3.63, 3.8) is 0 Å². The van der Waals surface area contributed by atoms with Crippen molar-refractivity contribution >= 4 is 39.1 Å². The molecule has 0 atom stereocenters. The molecule has 2 aromatic carbocycles. The van der Waals surface area contributed by atoms with Gasteiger partial charge in [-0.2, -0.15) is 4.99 Å². The monoisotopic (exact) mass is 415 g/mol. The maximum Gasteiger partial charge on any atom is 0.325 e. The van der Waals surface area contributed by atoms with Gasteiger partial charge < -0.3 is 14.0 Å². The van der Waals surface area contributed by atoms with Crippen LogP contribution in [0.4, 0.5) is 5.69 Å². The molecule has 29 heavy (non-hydrogen) atoms. The number of carbonyl (C=O) groups excluding carboxylic acids is 2. The second-order valence-corrected chi connectivity index (χ2v) is 6.84. The summed E-state index contributed by atoms with van der Waals surface area (Å²) >= 11 is 1.23. The van der Waals surface area contributed by atoms with Gasteiger partial charge in [0, 0.05) is 17.7 Å². The molecule has 3 rings (SSSR count). The van der Waals surface area contributed by atoms with E-state index in [4.69, 9.17) is 9.47 Å². The zero-order valence-electron chi connectivity index (χ0n) is 15.7. The van der Waals surface area contributed by atoms with Gasteiger partial charge in [-0.3, -0.25) is 19.7 Å². The van der Waals surface area contributed by atoms with Crippen LogP contribution < -0.4 is 9.54 Å². The predicted molar refractivity (Wildman–Crippen MR) is 106 cm³/mol. The molecule has 10 heteroatoms. The average Bonchev–Trinajstić information content (AvgIpc) is 3.04. The number of amides is 1. The normalized spacial score (nSPS) is 11.4. The maximum absolute atomic E-state index is 12.6. The van der Waals surface area contributed by atoms with Crippen LogP contribution in [0.25, 0.3) is 10.2 Å². The molecule has 0 aliphatic heterocycles. The number of nitro groups is 1. The Morgan fingerprint density at radius 1 is 1.21 bits per heavy atom. The summed E-state index contributed by atoms with van der Waals surface area (Å²) < 4.78 is 12.6. The number of thiazole rings is 1. The quantitative estimate of drug-likeness (QED) is 0.347. The van der Waals surface area contributed by atoms with Crippen molar-refractivity contribution in [3.8, 4) is 5.75 Å². The van der Waals surface area contributed by atoms with E-state index in [-0.39, 0.29) is 17.8 Å². The highest BCUT2D eigenvalue weighted by atomic mass is 32.1. The van der Waals surface area contributed by atoms with Crippen molar-refractivity contribution in [2.24, 2.45) is 4.99 Å². The standard InChI is InChI=1S/C19H17N3O6S/c1-3-28-14-8-9-15-16(10-14)29-19(21(15)11-17(23)27-2)20-18(24)12-4-6-13(7-5-12)22(25)26/h4-10H,3,11H2,1-2H3. The summed E-state index contributed by atoms with van der Waals surface area (Å²) in [6.45, 7) is 2.27. The van der Waals surface area contributed by atoms with E-state index in [9.17, 15) is 19.7 Å². The maximum atomic E-state index is 12.6. The fourth-order valence-electron chi connectivity index (χ4n) is 2.62. The number of benzene rings is 2.